The van der Waals surface area contributed by atoms with Crippen molar-refractivity contribution in [2.45, 2.75) is 26.2 Å². The van der Waals surface area contributed by atoms with Gasteiger partial charge in [-0.25, -0.2) is 0 Å². The molecule has 0 saturated carbocycles. The van der Waals surface area contributed by atoms with Gasteiger partial charge in [0.2, 0.25) is 0 Å². The van der Waals surface area contributed by atoms with Gasteiger partial charge >= 0.3 is 0 Å². The third-order valence-corrected chi connectivity index (χ3v) is 3.96. The SMILES string of the molecule is CC(C)(C)c1ccc(NC(=O)c2ccc(Br)o2)c(Br)c1. The Kier molecular flexibility index (Phi) is 4.39. The fraction of sp³-hybridized carbons (Fsp3) is 0.267. The van der Waals surface area contributed by atoms with Crippen LogP contribution in [-0.4, -0.2) is 5.91 Å². The smallest absolute Gasteiger partial charge is 0.291 e. The van der Waals surface area contributed by atoms with Crippen LogP contribution >= 0.6 is 31.9 Å². The van der Waals surface area contributed by atoms with Gasteiger partial charge in [-0.1, -0.05) is 26.8 Å². The molecule has 0 bridgehead atoms. The maximum atomic E-state index is 12.0. The fourth-order valence-electron chi connectivity index (χ4n) is 1.70. The normalized spacial score (nSPS) is 11.4. The van der Waals surface area contributed by atoms with Crippen LogP contribution < -0.4 is 5.32 Å². The lowest BCUT2D eigenvalue weighted by atomic mass is 9.87. The highest BCUT2D eigenvalue weighted by Gasteiger charge is 2.16. The first-order valence-corrected chi connectivity index (χ1v) is 7.73. The van der Waals surface area contributed by atoms with Crippen LogP contribution in [0.15, 0.2) is 43.9 Å². The lowest BCUT2D eigenvalue weighted by molar-refractivity contribution is 0.0995. The quantitative estimate of drug-likeness (QED) is 0.737. The number of benzene rings is 1. The predicted octanol–water partition coefficient (Wildman–Crippen LogP) is 5.35. The number of anilines is 1. The van der Waals surface area contributed by atoms with Gasteiger partial charge in [-0.15, -0.1) is 0 Å². The van der Waals surface area contributed by atoms with Crippen LogP contribution in [-0.2, 0) is 5.41 Å². The number of amides is 1. The van der Waals surface area contributed by atoms with E-state index in [1.54, 1.807) is 12.1 Å². The van der Waals surface area contributed by atoms with E-state index in [0.717, 1.165) is 10.2 Å². The van der Waals surface area contributed by atoms with Crippen molar-refractivity contribution in [2.24, 2.45) is 0 Å². The lowest BCUT2D eigenvalue weighted by Gasteiger charge is -2.20. The van der Waals surface area contributed by atoms with Crippen molar-refractivity contribution in [3.05, 3.63) is 50.8 Å². The molecule has 0 atom stereocenters. The summed E-state index contributed by atoms with van der Waals surface area (Å²) in [5.41, 5.74) is 1.98. The second-order valence-corrected chi connectivity index (χ2v) is 7.14. The Bertz CT molecular complexity index is 642. The van der Waals surface area contributed by atoms with Crippen molar-refractivity contribution in [1.29, 1.82) is 0 Å². The second kappa shape index (κ2) is 5.74. The van der Waals surface area contributed by atoms with E-state index in [9.17, 15) is 4.79 Å². The molecule has 0 fully saturated rings. The zero-order valence-corrected chi connectivity index (χ0v) is 14.6. The van der Waals surface area contributed by atoms with Crippen LogP contribution in [0, 0.1) is 0 Å². The lowest BCUT2D eigenvalue weighted by Crippen LogP contribution is -2.13. The van der Waals surface area contributed by atoms with Crippen molar-refractivity contribution in [3.8, 4) is 0 Å². The molecule has 3 nitrogen and oxygen atoms in total. The number of hydrogen-bond donors (Lipinski definition) is 1. The van der Waals surface area contributed by atoms with Gasteiger partial charge in [0, 0.05) is 4.47 Å². The standard InChI is InChI=1S/C15H15Br2NO2/c1-15(2,3)9-4-5-11(10(16)8-9)18-14(19)12-6-7-13(17)20-12/h4-8H,1-3H3,(H,18,19). The maximum absolute atomic E-state index is 12.0. The topological polar surface area (TPSA) is 42.2 Å². The van der Waals surface area contributed by atoms with Crippen molar-refractivity contribution in [2.75, 3.05) is 5.32 Å². The van der Waals surface area contributed by atoms with Crippen LogP contribution in [0.4, 0.5) is 5.69 Å². The molecule has 1 amide bonds. The molecule has 106 valence electrons. The minimum absolute atomic E-state index is 0.0664. The molecule has 1 aromatic heterocycles. The molecule has 20 heavy (non-hydrogen) atoms. The predicted molar refractivity (Wildman–Crippen MR) is 87.2 cm³/mol. The van der Waals surface area contributed by atoms with E-state index in [1.807, 2.05) is 18.2 Å². The van der Waals surface area contributed by atoms with Gasteiger partial charge in [0.25, 0.3) is 5.91 Å². The number of nitrogens with one attached hydrogen (secondary N) is 1. The molecule has 1 aromatic carbocycles. The maximum Gasteiger partial charge on any atom is 0.291 e. The summed E-state index contributed by atoms with van der Waals surface area (Å²) in [4.78, 5) is 12.0. The van der Waals surface area contributed by atoms with Gasteiger partial charge in [0.15, 0.2) is 10.4 Å². The molecular formula is C15H15Br2NO2. The monoisotopic (exact) mass is 399 g/mol. The first-order chi connectivity index (χ1) is 9.27. The Morgan fingerprint density at radius 1 is 1.15 bits per heavy atom. The summed E-state index contributed by atoms with van der Waals surface area (Å²) in [6, 6.07) is 9.23. The van der Waals surface area contributed by atoms with Crippen molar-refractivity contribution in [3.63, 3.8) is 0 Å². The zero-order valence-electron chi connectivity index (χ0n) is 11.5. The number of carbonyl (C=O) groups is 1. The van der Waals surface area contributed by atoms with Crippen LogP contribution in [0.25, 0.3) is 0 Å². The molecule has 2 aromatic rings. The summed E-state index contributed by atoms with van der Waals surface area (Å²) in [6.07, 6.45) is 0. The highest BCUT2D eigenvalue weighted by atomic mass is 79.9. The van der Waals surface area contributed by atoms with E-state index in [1.165, 1.54) is 5.56 Å². The molecule has 0 aliphatic rings. The van der Waals surface area contributed by atoms with Crippen molar-refractivity contribution >= 4 is 43.5 Å². The Balaban J connectivity index is 2.20. The molecule has 0 radical (unpaired) electrons. The highest BCUT2D eigenvalue weighted by Crippen LogP contribution is 2.30. The molecule has 0 spiro atoms. The summed E-state index contributed by atoms with van der Waals surface area (Å²) in [6.45, 7) is 6.44. The zero-order chi connectivity index (χ0) is 14.9. The van der Waals surface area contributed by atoms with Gasteiger partial charge in [0.05, 0.1) is 5.69 Å². The fourth-order valence-corrected chi connectivity index (χ4v) is 2.49. The molecule has 0 saturated heterocycles. The molecule has 0 unspecified atom stereocenters. The van der Waals surface area contributed by atoms with Crippen molar-refractivity contribution in [1.82, 2.24) is 0 Å². The van der Waals surface area contributed by atoms with Gasteiger partial charge in [-0.2, -0.15) is 0 Å². The van der Waals surface area contributed by atoms with E-state index < -0.39 is 0 Å². The number of rotatable bonds is 2. The van der Waals surface area contributed by atoms with E-state index in [-0.39, 0.29) is 17.1 Å². The molecular weight excluding hydrogens is 386 g/mol. The molecule has 0 aliphatic heterocycles. The first kappa shape index (κ1) is 15.3. The molecule has 0 aliphatic carbocycles. The summed E-state index contributed by atoms with van der Waals surface area (Å²) < 4.78 is 6.61. The number of hydrogen-bond acceptors (Lipinski definition) is 2. The Morgan fingerprint density at radius 3 is 2.35 bits per heavy atom. The number of carbonyl (C=O) groups excluding carboxylic acids is 1. The first-order valence-electron chi connectivity index (χ1n) is 6.14. The minimum Gasteiger partial charge on any atom is -0.444 e. The molecule has 5 heteroatoms. The molecule has 2 rings (SSSR count). The molecule has 1 heterocycles. The molecule has 1 N–H and O–H groups in total. The summed E-state index contributed by atoms with van der Waals surface area (Å²) in [5.74, 6) is -0.0106. The Labute approximate surface area is 135 Å². The average molecular weight is 401 g/mol. The van der Waals surface area contributed by atoms with E-state index >= 15 is 0 Å². The third-order valence-electron chi connectivity index (χ3n) is 2.88. The summed E-state index contributed by atoms with van der Waals surface area (Å²) in [7, 11) is 0. The third kappa shape index (κ3) is 3.52. The highest BCUT2D eigenvalue weighted by molar-refractivity contribution is 9.10. The summed E-state index contributed by atoms with van der Waals surface area (Å²) in [5, 5.41) is 2.82. The second-order valence-electron chi connectivity index (χ2n) is 5.50. The van der Waals surface area contributed by atoms with Gasteiger partial charge in [0.1, 0.15) is 0 Å². The largest absolute Gasteiger partial charge is 0.444 e. The summed E-state index contributed by atoms with van der Waals surface area (Å²) >= 11 is 6.67. The van der Waals surface area contributed by atoms with E-state index in [4.69, 9.17) is 4.42 Å². The van der Waals surface area contributed by atoms with Crippen LogP contribution in [0.2, 0.25) is 0 Å². The Hall–Kier alpha value is -1.07. The number of furan rings is 1. The van der Waals surface area contributed by atoms with Gasteiger partial charge < -0.3 is 9.73 Å². The van der Waals surface area contributed by atoms with Crippen LogP contribution in [0.5, 0.6) is 0 Å². The van der Waals surface area contributed by atoms with Gasteiger partial charge in [-0.05, 0) is 67.1 Å². The number of halogens is 2. The van der Waals surface area contributed by atoms with Crippen LogP contribution in [0.3, 0.4) is 0 Å². The van der Waals surface area contributed by atoms with E-state index in [0.29, 0.717) is 4.67 Å². The van der Waals surface area contributed by atoms with Crippen LogP contribution in [0.1, 0.15) is 36.9 Å². The van der Waals surface area contributed by atoms with E-state index in [2.05, 4.69) is 57.9 Å². The Morgan fingerprint density at radius 2 is 1.85 bits per heavy atom. The average Bonchev–Trinajstić information content (AvgIpc) is 2.77. The van der Waals surface area contributed by atoms with Gasteiger partial charge in [-0.3, -0.25) is 4.79 Å². The van der Waals surface area contributed by atoms with Crippen molar-refractivity contribution < 1.29 is 9.21 Å². The minimum atomic E-state index is -0.278.